The third-order valence-corrected chi connectivity index (χ3v) is 5.40. The van der Waals surface area contributed by atoms with E-state index in [0.717, 1.165) is 32.7 Å². The summed E-state index contributed by atoms with van der Waals surface area (Å²) in [6, 6.07) is 15.7. The molecule has 0 bridgehead atoms. The van der Waals surface area contributed by atoms with Crippen molar-refractivity contribution in [3.05, 3.63) is 65.8 Å². The molecule has 4 aromatic rings. The van der Waals surface area contributed by atoms with E-state index in [-0.39, 0.29) is 6.61 Å². The van der Waals surface area contributed by atoms with Gasteiger partial charge in [0.25, 0.3) is 5.91 Å². The summed E-state index contributed by atoms with van der Waals surface area (Å²) >= 11 is 1.60. The van der Waals surface area contributed by atoms with E-state index >= 15 is 0 Å². The van der Waals surface area contributed by atoms with E-state index < -0.39 is 5.91 Å². The number of hydrogen-bond acceptors (Lipinski definition) is 7. The van der Waals surface area contributed by atoms with Crippen LogP contribution in [0.1, 0.15) is 5.56 Å². The fourth-order valence-corrected chi connectivity index (χ4v) is 4.03. The molecule has 8 heteroatoms. The number of nitrogens with one attached hydrogen (secondary N) is 1. The zero-order valence-electron chi connectivity index (χ0n) is 16.3. The molecule has 152 valence electrons. The smallest absolute Gasteiger partial charge is 0.255 e. The minimum Gasteiger partial charge on any atom is -0.493 e. The van der Waals surface area contributed by atoms with Crippen molar-refractivity contribution in [2.45, 2.75) is 6.54 Å². The van der Waals surface area contributed by atoms with Crippen LogP contribution < -0.4 is 20.5 Å². The summed E-state index contributed by atoms with van der Waals surface area (Å²) in [6.45, 7) is 0.329. The number of nitrogens with zero attached hydrogens (tertiary/aromatic N) is 2. The highest BCUT2D eigenvalue weighted by Gasteiger charge is 2.13. The number of aromatic nitrogens is 2. The third-order valence-electron chi connectivity index (χ3n) is 4.51. The standard InChI is InChI=1S/C22H20N4O3S/c1-28-18-9-14(7-8-17(18)29-11-19(23)27)10-24-21-20-16(15-5-3-2-4-6-15)12-30-22(20)26-13-25-21/h2-9,12-13H,10-11H2,1H3,(H2,23,27)(H,24,25,26). The minimum atomic E-state index is -0.541. The summed E-state index contributed by atoms with van der Waals surface area (Å²) in [5.41, 5.74) is 8.34. The SMILES string of the molecule is COc1cc(CNc2ncnc3scc(-c4ccccc4)c23)ccc1OCC(N)=O. The molecule has 1 amide bonds. The van der Waals surface area contributed by atoms with Gasteiger partial charge in [-0.05, 0) is 23.3 Å². The van der Waals surface area contributed by atoms with Crippen molar-refractivity contribution in [3.63, 3.8) is 0 Å². The lowest BCUT2D eigenvalue weighted by Gasteiger charge is -2.12. The summed E-state index contributed by atoms with van der Waals surface area (Å²) in [4.78, 5) is 20.8. The maximum atomic E-state index is 10.9. The molecule has 2 aromatic heterocycles. The number of nitrogens with two attached hydrogens (primary N) is 1. The van der Waals surface area contributed by atoms with Crippen LogP contribution in [0.4, 0.5) is 5.82 Å². The molecule has 0 spiro atoms. The first kappa shape index (κ1) is 19.7. The number of methoxy groups -OCH3 is 1. The van der Waals surface area contributed by atoms with E-state index in [1.54, 1.807) is 30.8 Å². The molecule has 4 rings (SSSR count). The monoisotopic (exact) mass is 420 g/mol. The normalized spacial score (nSPS) is 10.7. The van der Waals surface area contributed by atoms with Crippen molar-refractivity contribution in [2.75, 3.05) is 19.0 Å². The van der Waals surface area contributed by atoms with E-state index in [4.69, 9.17) is 15.2 Å². The van der Waals surface area contributed by atoms with Gasteiger partial charge < -0.3 is 20.5 Å². The lowest BCUT2D eigenvalue weighted by atomic mass is 10.1. The van der Waals surface area contributed by atoms with Gasteiger partial charge >= 0.3 is 0 Å². The molecule has 0 aliphatic carbocycles. The third kappa shape index (κ3) is 4.18. The van der Waals surface area contributed by atoms with Crippen LogP contribution >= 0.6 is 11.3 Å². The number of primary amides is 1. The highest BCUT2D eigenvalue weighted by Crippen LogP contribution is 2.36. The van der Waals surface area contributed by atoms with Crippen molar-refractivity contribution in [1.29, 1.82) is 0 Å². The predicted octanol–water partition coefficient (Wildman–Crippen LogP) is 3.84. The summed E-state index contributed by atoms with van der Waals surface area (Å²) < 4.78 is 10.8. The van der Waals surface area contributed by atoms with Crippen LogP contribution in [0.25, 0.3) is 21.3 Å². The quantitative estimate of drug-likeness (QED) is 0.449. The number of rotatable bonds is 8. The summed E-state index contributed by atoms with van der Waals surface area (Å²) in [5.74, 6) is 1.23. The minimum absolute atomic E-state index is 0.201. The molecule has 0 aliphatic heterocycles. The molecule has 0 saturated heterocycles. The first-order valence-corrected chi connectivity index (χ1v) is 10.1. The molecule has 2 heterocycles. The van der Waals surface area contributed by atoms with Crippen molar-refractivity contribution >= 4 is 33.3 Å². The van der Waals surface area contributed by atoms with Gasteiger partial charge in [-0.25, -0.2) is 9.97 Å². The second-order valence-corrected chi connectivity index (χ2v) is 7.37. The average molecular weight is 420 g/mol. The van der Waals surface area contributed by atoms with E-state index in [0.29, 0.717) is 18.0 Å². The Balaban J connectivity index is 1.58. The Hall–Kier alpha value is -3.65. The Morgan fingerprint density at radius 1 is 1.13 bits per heavy atom. The lowest BCUT2D eigenvalue weighted by molar-refractivity contribution is -0.119. The van der Waals surface area contributed by atoms with Crippen molar-refractivity contribution in [2.24, 2.45) is 5.73 Å². The number of hydrogen-bond donors (Lipinski definition) is 2. The summed E-state index contributed by atoms with van der Waals surface area (Å²) in [6.07, 6.45) is 1.57. The molecule has 0 atom stereocenters. The van der Waals surface area contributed by atoms with Crippen LogP contribution in [0.3, 0.4) is 0 Å². The number of fused-ring (bicyclic) bond motifs is 1. The Kier molecular flexibility index (Phi) is 5.76. The molecular formula is C22H20N4O3S. The van der Waals surface area contributed by atoms with Crippen LogP contribution in [0, 0.1) is 0 Å². The van der Waals surface area contributed by atoms with Crippen molar-refractivity contribution in [1.82, 2.24) is 9.97 Å². The lowest BCUT2D eigenvalue weighted by Crippen LogP contribution is -2.20. The van der Waals surface area contributed by atoms with Gasteiger partial charge in [0.2, 0.25) is 0 Å². The van der Waals surface area contributed by atoms with Crippen molar-refractivity contribution in [3.8, 4) is 22.6 Å². The van der Waals surface area contributed by atoms with Gasteiger partial charge in [-0.3, -0.25) is 4.79 Å². The zero-order chi connectivity index (χ0) is 20.9. The Bertz CT molecular complexity index is 1180. The highest BCUT2D eigenvalue weighted by molar-refractivity contribution is 7.17. The van der Waals surface area contributed by atoms with Gasteiger partial charge in [-0.15, -0.1) is 11.3 Å². The van der Waals surface area contributed by atoms with Crippen LogP contribution in [0.15, 0.2) is 60.2 Å². The molecule has 2 aromatic carbocycles. The molecular weight excluding hydrogens is 400 g/mol. The highest BCUT2D eigenvalue weighted by atomic mass is 32.1. The van der Waals surface area contributed by atoms with Gasteiger partial charge in [0, 0.05) is 17.5 Å². The number of anilines is 1. The number of carbonyl (C=O) groups is 1. The summed E-state index contributed by atoms with van der Waals surface area (Å²) in [5, 5.41) is 6.51. The first-order valence-electron chi connectivity index (χ1n) is 9.25. The predicted molar refractivity (Wildman–Crippen MR) is 118 cm³/mol. The largest absolute Gasteiger partial charge is 0.493 e. The molecule has 0 radical (unpaired) electrons. The fourth-order valence-electron chi connectivity index (χ4n) is 3.12. The maximum absolute atomic E-state index is 10.9. The molecule has 0 unspecified atom stereocenters. The Morgan fingerprint density at radius 3 is 2.73 bits per heavy atom. The number of amides is 1. The molecule has 7 nitrogen and oxygen atoms in total. The molecule has 30 heavy (non-hydrogen) atoms. The van der Waals surface area contributed by atoms with Gasteiger partial charge in [-0.2, -0.15) is 0 Å². The number of thiophene rings is 1. The van der Waals surface area contributed by atoms with E-state index in [2.05, 4.69) is 32.8 Å². The summed E-state index contributed by atoms with van der Waals surface area (Å²) in [7, 11) is 1.55. The van der Waals surface area contributed by atoms with E-state index in [1.807, 2.05) is 30.3 Å². The number of benzene rings is 2. The Labute approximate surface area is 177 Å². The Morgan fingerprint density at radius 2 is 1.97 bits per heavy atom. The molecule has 0 aliphatic rings. The zero-order valence-corrected chi connectivity index (χ0v) is 17.1. The van der Waals surface area contributed by atoms with Crippen molar-refractivity contribution < 1.29 is 14.3 Å². The fraction of sp³-hybridized carbons (Fsp3) is 0.136. The molecule has 3 N–H and O–H groups in total. The maximum Gasteiger partial charge on any atom is 0.255 e. The molecule has 0 fully saturated rings. The van der Waals surface area contributed by atoms with Crippen LogP contribution in [0.5, 0.6) is 11.5 Å². The second kappa shape index (κ2) is 8.79. The van der Waals surface area contributed by atoms with E-state index in [9.17, 15) is 4.79 Å². The topological polar surface area (TPSA) is 99.4 Å². The van der Waals surface area contributed by atoms with Crippen LogP contribution in [0.2, 0.25) is 0 Å². The average Bonchev–Trinajstić information content (AvgIpc) is 3.22. The first-order chi connectivity index (χ1) is 14.7. The second-order valence-electron chi connectivity index (χ2n) is 6.51. The van der Waals surface area contributed by atoms with Crippen LogP contribution in [-0.4, -0.2) is 29.6 Å². The van der Waals surface area contributed by atoms with Gasteiger partial charge in [-0.1, -0.05) is 36.4 Å². The van der Waals surface area contributed by atoms with E-state index in [1.165, 1.54) is 0 Å². The van der Waals surface area contributed by atoms with Gasteiger partial charge in [0.05, 0.1) is 12.5 Å². The van der Waals surface area contributed by atoms with Crippen LogP contribution in [-0.2, 0) is 11.3 Å². The number of carbonyl (C=O) groups excluding carboxylic acids is 1. The van der Waals surface area contributed by atoms with Gasteiger partial charge in [0.15, 0.2) is 18.1 Å². The number of ether oxygens (including phenoxy) is 2. The van der Waals surface area contributed by atoms with Gasteiger partial charge in [0.1, 0.15) is 17.0 Å². The molecule has 0 saturated carbocycles.